The minimum atomic E-state index is -4.31. The van der Waals surface area contributed by atoms with Gasteiger partial charge in [-0.15, -0.1) is 0 Å². The van der Waals surface area contributed by atoms with Gasteiger partial charge in [-0.2, -0.15) is 13.2 Å². The summed E-state index contributed by atoms with van der Waals surface area (Å²) in [5, 5.41) is 0. The van der Waals surface area contributed by atoms with E-state index >= 15 is 0 Å². The van der Waals surface area contributed by atoms with E-state index in [0.29, 0.717) is 25.9 Å². The molecule has 0 radical (unpaired) electrons. The Balaban J connectivity index is 1.92. The second-order valence-electron chi connectivity index (χ2n) is 4.75. The van der Waals surface area contributed by atoms with Gasteiger partial charge in [0, 0.05) is 25.6 Å². The Morgan fingerprint density at radius 2 is 1.89 bits per heavy atom. The third-order valence-corrected chi connectivity index (χ3v) is 3.20. The third-order valence-electron chi connectivity index (χ3n) is 3.20. The molecule has 1 amide bonds. The highest BCUT2D eigenvalue weighted by molar-refractivity contribution is 5.79. The molecule has 1 atom stereocenters. The van der Waals surface area contributed by atoms with Crippen LogP contribution in [-0.4, -0.2) is 29.9 Å². The first-order valence-electron chi connectivity index (χ1n) is 6.06. The molecule has 104 valence electrons. The SMILES string of the molecule is NC1CC(=O)N(CCc2ccc(C(F)(F)F)cc2)C1. The number of nitrogens with zero attached hydrogens (tertiary/aromatic N) is 1. The molecule has 0 saturated carbocycles. The van der Waals surface area contributed by atoms with E-state index in [1.165, 1.54) is 12.1 Å². The normalized spacial score (nSPS) is 20.1. The average Bonchev–Trinajstić information content (AvgIpc) is 2.65. The number of hydrogen-bond acceptors (Lipinski definition) is 2. The molecule has 6 heteroatoms. The lowest BCUT2D eigenvalue weighted by molar-refractivity contribution is -0.137. The van der Waals surface area contributed by atoms with Crippen LogP contribution >= 0.6 is 0 Å². The first-order valence-corrected chi connectivity index (χ1v) is 6.06. The van der Waals surface area contributed by atoms with Crippen molar-refractivity contribution in [2.24, 2.45) is 5.73 Å². The summed E-state index contributed by atoms with van der Waals surface area (Å²) in [5.74, 6) is 0.0133. The Hall–Kier alpha value is -1.56. The summed E-state index contributed by atoms with van der Waals surface area (Å²) in [4.78, 5) is 13.1. The van der Waals surface area contributed by atoms with Crippen molar-refractivity contribution in [3.05, 3.63) is 35.4 Å². The van der Waals surface area contributed by atoms with Crippen molar-refractivity contribution in [3.8, 4) is 0 Å². The van der Waals surface area contributed by atoms with E-state index in [1.54, 1.807) is 4.90 Å². The first-order chi connectivity index (χ1) is 8.86. The quantitative estimate of drug-likeness (QED) is 0.912. The van der Waals surface area contributed by atoms with Crippen molar-refractivity contribution in [3.63, 3.8) is 0 Å². The van der Waals surface area contributed by atoms with Crippen LogP contribution in [0.1, 0.15) is 17.5 Å². The smallest absolute Gasteiger partial charge is 0.341 e. The largest absolute Gasteiger partial charge is 0.416 e. The number of carbonyl (C=O) groups is 1. The lowest BCUT2D eigenvalue weighted by Gasteiger charge is -2.16. The fraction of sp³-hybridized carbons (Fsp3) is 0.462. The number of halogens is 3. The van der Waals surface area contributed by atoms with Gasteiger partial charge in [0.25, 0.3) is 0 Å². The van der Waals surface area contributed by atoms with Gasteiger partial charge in [-0.1, -0.05) is 12.1 Å². The van der Waals surface area contributed by atoms with Gasteiger partial charge >= 0.3 is 6.18 Å². The van der Waals surface area contributed by atoms with Crippen LogP contribution in [0.5, 0.6) is 0 Å². The maximum Gasteiger partial charge on any atom is 0.416 e. The molecule has 3 nitrogen and oxygen atoms in total. The predicted octanol–water partition coefficient (Wildman–Crippen LogP) is 1.81. The van der Waals surface area contributed by atoms with Crippen LogP contribution in [0.3, 0.4) is 0 Å². The van der Waals surface area contributed by atoms with Gasteiger partial charge in [-0.25, -0.2) is 0 Å². The van der Waals surface area contributed by atoms with Crippen molar-refractivity contribution in [1.29, 1.82) is 0 Å². The summed E-state index contributed by atoms with van der Waals surface area (Å²) in [6, 6.07) is 4.90. The number of hydrogen-bond donors (Lipinski definition) is 1. The molecule has 2 rings (SSSR count). The van der Waals surface area contributed by atoms with Gasteiger partial charge in [-0.05, 0) is 24.1 Å². The van der Waals surface area contributed by atoms with Crippen molar-refractivity contribution >= 4 is 5.91 Å². The highest BCUT2D eigenvalue weighted by atomic mass is 19.4. The molecular weight excluding hydrogens is 257 g/mol. The molecule has 1 aromatic rings. The zero-order chi connectivity index (χ0) is 14.0. The molecule has 0 bridgehead atoms. The Bertz CT molecular complexity index is 456. The monoisotopic (exact) mass is 272 g/mol. The Morgan fingerprint density at radius 1 is 1.26 bits per heavy atom. The molecule has 0 aliphatic carbocycles. The van der Waals surface area contributed by atoms with Gasteiger partial charge in [0.2, 0.25) is 5.91 Å². The average molecular weight is 272 g/mol. The minimum Gasteiger partial charge on any atom is -0.341 e. The van der Waals surface area contributed by atoms with Gasteiger partial charge in [-0.3, -0.25) is 4.79 Å². The van der Waals surface area contributed by atoms with Crippen LogP contribution in [0.15, 0.2) is 24.3 Å². The van der Waals surface area contributed by atoms with E-state index in [4.69, 9.17) is 5.73 Å². The maximum atomic E-state index is 12.4. The minimum absolute atomic E-state index is 0.0133. The fourth-order valence-corrected chi connectivity index (χ4v) is 2.14. The van der Waals surface area contributed by atoms with Crippen molar-refractivity contribution in [2.45, 2.75) is 25.1 Å². The molecule has 19 heavy (non-hydrogen) atoms. The zero-order valence-electron chi connectivity index (χ0n) is 10.3. The van der Waals surface area contributed by atoms with E-state index in [1.807, 2.05) is 0 Å². The molecule has 1 unspecified atom stereocenters. The summed E-state index contributed by atoms with van der Waals surface area (Å²) < 4.78 is 37.1. The molecule has 0 aromatic heterocycles. The van der Waals surface area contributed by atoms with Crippen molar-refractivity contribution in [1.82, 2.24) is 4.90 Å². The standard InChI is InChI=1S/C13H15F3N2O/c14-13(15,16)10-3-1-9(2-4-10)5-6-18-8-11(17)7-12(18)19/h1-4,11H,5-8,17H2. The molecule has 1 saturated heterocycles. The molecule has 1 aliphatic rings. The zero-order valence-corrected chi connectivity index (χ0v) is 10.3. The first kappa shape index (κ1) is 13.9. The lowest BCUT2D eigenvalue weighted by atomic mass is 10.1. The van der Waals surface area contributed by atoms with Crippen LogP contribution in [-0.2, 0) is 17.4 Å². The fourth-order valence-electron chi connectivity index (χ4n) is 2.14. The topological polar surface area (TPSA) is 46.3 Å². The molecule has 1 fully saturated rings. The number of likely N-dealkylation sites (tertiary alicyclic amines) is 1. The van der Waals surface area contributed by atoms with E-state index in [2.05, 4.69) is 0 Å². The Morgan fingerprint density at radius 3 is 2.37 bits per heavy atom. The predicted molar refractivity (Wildman–Crippen MR) is 64.3 cm³/mol. The molecule has 2 N–H and O–H groups in total. The summed E-state index contributed by atoms with van der Waals surface area (Å²) in [6.07, 6.45) is -3.42. The van der Waals surface area contributed by atoms with Crippen LogP contribution in [0.25, 0.3) is 0 Å². The molecular formula is C13H15F3N2O. The summed E-state index contributed by atoms with van der Waals surface area (Å²) in [6.45, 7) is 1.03. The van der Waals surface area contributed by atoms with E-state index < -0.39 is 11.7 Å². The van der Waals surface area contributed by atoms with Crippen LogP contribution in [0, 0.1) is 0 Å². The molecule has 1 aromatic carbocycles. The molecule has 1 aliphatic heterocycles. The van der Waals surface area contributed by atoms with Gasteiger partial charge in [0.1, 0.15) is 0 Å². The van der Waals surface area contributed by atoms with E-state index in [9.17, 15) is 18.0 Å². The van der Waals surface area contributed by atoms with E-state index in [-0.39, 0.29) is 11.9 Å². The van der Waals surface area contributed by atoms with Crippen LogP contribution in [0.2, 0.25) is 0 Å². The van der Waals surface area contributed by atoms with E-state index in [0.717, 1.165) is 17.7 Å². The number of alkyl halides is 3. The van der Waals surface area contributed by atoms with Gasteiger partial charge in [0.05, 0.1) is 5.56 Å². The molecule has 0 spiro atoms. The number of benzene rings is 1. The second-order valence-corrected chi connectivity index (χ2v) is 4.75. The maximum absolute atomic E-state index is 12.4. The Kier molecular flexibility index (Phi) is 3.80. The van der Waals surface area contributed by atoms with Gasteiger partial charge < -0.3 is 10.6 Å². The van der Waals surface area contributed by atoms with Crippen LogP contribution in [0.4, 0.5) is 13.2 Å². The number of nitrogens with two attached hydrogens (primary N) is 1. The van der Waals surface area contributed by atoms with Crippen molar-refractivity contribution in [2.75, 3.05) is 13.1 Å². The summed E-state index contributed by atoms with van der Waals surface area (Å²) >= 11 is 0. The number of carbonyl (C=O) groups excluding carboxylic acids is 1. The lowest BCUT2D eigenvalue weighted by Crippen LogP contribution is -2.30. The summed E-state index contributed by atoms with van der Waals surface area (Å²) in [7, 11) is 0. The highest BCUT2D eigenvalue weighted by Crippen LogP contribution is 2.29. The number of rotatable bonds is 3. The van der Waals surface area contributed by atoms with Gasteiger partial charge in [0.15, 0.2) is 0 Å². The molecule has 1 heterocycles. The number of amides is 1. The van der Waals surface area contributed by atoms with Crippen LogP contribution < -0.4 is 5.73 Å². The van der Waals surface area contributed by atoms with Crippen molar-refractivity contribution < 1.29 is 18.0 Å². The highest BCUT2D eigenvalue weighted by Gasteiger charge is 2.30. The second kappa shape index (κ2) is 5.21. The Labute approximate surface area is 109 Å². The third kappa shape index (κ3) is 3.47. The summed E-state index contributed by atoms with van der Waals surface area (Å²) in [5.41, 5.74) is 5.79.